The molecule has 0 aromatic heterocycles. The van der Waals surface area contributed by atoms with Gasteiger partial charge in [-0.1, -0.05) is 30.3 Å². The number of amides is 2. The lowest BCUT2D eigenvalue weighted by Gasteiger charge is -2.41. The first-order chi connectivity index (χ1) is 8.25. The fourth-order valence-corrected chi connectivity index (χ4v) is 2.94. The fraction of sp³-hybridized carbons (Fsp3) is 0.385. The van der Waals surface area contributed by atoms with Crippen LogP contribution in [0.15, 0.2) is 30.3 Å². The molecule has 4 nitrogen and oxygen atoms in total. The van der Waals surface area contributed by atoms with E-state index in [1.54, 1.807) is 4.90 Å². The summed E-state index contributed by atoms with van der Waals surface area (Å²) in [4.78, 5) is 25.9. The highest BCUT2D eigenvalue weighted by Gasteiger charge is 2.53. The Morgan fingerprint density at radius 1 is 1.18 bits per heavy atom. The molecule has 3 rings (SSSR count). The standard InChI is InChI=1S/C13H14N2O2/c16-11-9-14-12(17)13(7-4-8-15(11)13)10-5-2-1-3-6-10/h1-3,5-6H,4,7-9H2,(H,14,17)/t13-/m0/s1. The summed E-state index contributed by atoms with van der Waals surface area (Å²) in [5.41, 5.74) is 0.166. The number of rotatable bonds is 1. The third-order valence-corrected chi connectivity index (χ3v) is 3.71. The first kappa shape index (κ1) is 10.3. The number of benzene rings is 1. The lowest BCUT2D eigenvalue weighted by atomic mass is 9.85. The van der Waals surface area contributed by atoms with Crippen LogP contribution in [0.2, 0.25) is 0 Å². The average molecular weight is 230 g/mol. The maximum Gasteiger partial charge on any atom is 0.251 e. The van der Waals surface area contributed by atoms with Crippen molar-refractivity contribution in [3.63, 3.8) is 0 Å². The molecule has 1 aromatic carbocycles. The lowest BCUT2D eigenvalue weighted by Crippen LogP contribution is -2.62. The second-order valence-electron chi connectivity index (χ2n) is 4.56. The molecule has 0 saturated carbocycles. The molecule has 1 N–H and O–H groups in total. The Kier molecular flexibility index (Phi) is 2.18. The molecule has 2 amide bonds. The molecule has 2 heterocycles. The Balaban J connectivity index is 2.14. The topological polar surface area (TPSA) is 49.4 Å². The van der Waals surface area contributed by atoms with Gasteiger partial charge in [0.1, 0.15) is 5.54 Å². The summed E-state index contributed by atoms with van der Waals surface area (Å²) >= 11 is 0. The minimum atomic E-state index is -0.753. The smallest absolute Gasteiger partial charge is 0.251 e. The highest BCUT2D eigenvalue weighted by molar-refractivity contribution is 5.99. The number of nitrogens with zero attached hydrogens (tertiary/aromatic N) is 1. The SMILES string of the molecule is O=C1CNC(=O)[C@@]2(c3ccccc3)CCCN12. The molecule has 0 spiro atoms. The van der Waals surface area contributed by atoms with E-state index in [0.717, 1.165) is 12.0 Å². The number of fused-ring (bicyclic) bond motifs is 1. The first-order valence-corrected chi connectivity index (χ1v) is 5.89. The van der Waals surface area contributed by atoms with Crippen LogP contribution in [-0.4, -0.2) is 29.8 Å². The maximum atomic E-state index is 12.2. The zero-order valence-electron chi connectivity index (χ0n) is 9.48. The molecule has 17 heavy (non-hydrogen) atoms. The van der Waals surface area contributed by atoms with Crippen LogP contribution in [0.4, 0.5) is 0 Å². The fourth-order valence-electron chi connectivity index (χ4n) is 2.94. The molecule has 88 valence electrons. The Morgan fingerprint density at radius 3 is 2.71 bits per heavy atom. The van der Waals surface area contributed by atoms with Crippen LogP contribution < -0.4 is 5.32 Å². The molecule has 2 fully saturated rings. The summed E-state index contributed by atoms with van der Waals surface area (Å²) in [6.07, 6.45) is 1.60. The molecule has 4 heteroatoms. The molecular formula is C13H14N2O2. The number of hydrogen-bond donors (Lipinski definition) is 1. The summed E-state index contributed by atoms with van der Waals surface area (Å²) < 4.78 is 0. The average Bonchev–Trinajstić information content (AvgIpc) is 2.82. The van der Waals surface area contributed by atoms with Crippen molar-refractivity contribution in [2.24, 2.45) is 0 Å². The van der Waals surface area contributed by atoms with Crippen molar-refractivity contribution >= 4 is 11.8 Å². The van der Waals surface area contributed by atoms with E-state index in [1.165, 1.54) is 0 Å². The molecule has 2 aliphatic rings. The third kappa shape index (κ3) is 1.30. The monoisotopic (exact) mass is 230 g/mol. The van der Waals surface area contributed by atoms with Crippen molar-refractivity contribution in [2.45, 2.75) is 18.4 Å². The number of carbonyl (C=O) groups excluding carboxylic acids is 2. The van der Waals surface area contributed by atoms with E-state index in [2.05, 4.69) is 5.32 Å². The van der Waals surface area contributed by atoms with E-state index in [0.29, 0.717) is 13.0 Å². The zero-order valence-corrected chi connectivity index (χ0v) is 9.48. The quantitative estimate of drug-likeness (QED) is 0.769. The molecule has 0 radical (unpaired) electrons. The molecule has 1 aromatic rings. The molecule has 1 atom stereocenters. The van der Waals surface area contributed by atoms with E-state index < -0.39 is 5.54 Å². The largest absolute Gasteiger partial charge is 0.345 e. The second-order valence-corrected chi connectivity index (χ2v) is 4.56. The van der Waals surface area contributed by atoms with Gasteiger partial charge in [-0.2, -0.15) is 0 Å². The number of hydrogen-bond acceptors (Lipinski definition) is 2. The van der Waals surface area contributed by atoms with Gasteiger partial charge in [-0.3, -0.25) is 9.59 Å². The van der Waals surface area contributed by atoms with Gasteiger partial charge in [-0.15, -0.1) is 0 Å². The lowest BCUT2D eigenvalue weighted by molar-refractivity contribution is -0.151. The van der Waals surface area contributed by atoms with Gasteiger partial charge >= 0.3 is 0 Å². The van der Waals surface area contributed by atoms with Crippen molar-refractivity contribution in [2.75, 3.05) is 13.1 Å². The van der Waals surface area contributed by atoms with Gasteiger partial charge in [-0.25, -0.2) is 0 Å². The maximum absolute atomic E-state index is 12.2. The number of carbonyl (C=O) groups is 2. The predicted octanol–water partition coefficient (Wildman–Crippen LogP) is 0.634. The number of piperazine rings is 1. The van der Waals surface area contributed by atoms with Crippen LogP contribution >= 0.6 is 0 Å². The van der Waals surface area contributed by atoms with Crippen LogP contribution in [0.5, 0.6) is 0 Å². The van der Waals surface area contributed by atoms with Crippen molar-refractivity contribution < 1.29 is 9.59 Å². The summed E-state index contributed by atoms with van der Waals surface area (Å²) in [7, 11) is 0. The van der Waals surface area contributed by atoms with Crippen LogP contribution in [0.3, 0.4) is 0 Å². The van der Waals surface area contributed by atoms with E-state index in [9.17, 15) is 9.59 Å². The summed E-state index contributed by atoms with van der Waals surface area (Å²) in [5, 5.41) is 2.71. The van der Waals surface area contributed by atoms with E-state index in [-0.39, 0.29) is 18.4 Å². The van der Waals surface area contributed by atoms with E-state index in [1.807, 2.05) is 30.3 Å². The Morgan fingerprint density at radius 2 is 1.94 bits per heavy atom. The van der Waals surface area contributed by atoms with Crippen molar-refractivity contribution in [1.29, 1.82) is 0 Å². The Hall–Kier alpha value is -1.84. The summed E-state index contributed by atoms with van der Waals surface area (Å²) in [5.74, 6) is -0.0215. The normalized spacial score (nSPS) is 27.9. The van der Waals surface area contributed by atoms with Crippen molar-refractivity contribution in [3.05, 3.63) is 35.9 Å². The van der Waals surface area contributed by atoms with Crippen LogP contribution in [0, 0.1) is 0 Å². The minimum Gasteiger partial charge on any atom is -0.345 e. The molecule has 2 aliphatic heterocycles. The first-order valence-electron chi connectivity index (χ1n) is 5.89. The molecule has 0 unspecified atom stereocenters. The molecular weight excluding hydrogens is 216 g/mol. The molecule has 2 saturated heterocycles. The van der Waals surface area contributed by atoms with Gasteiger partial charge in [0.25, 0.3) is 5.91 Å². The molecule has 0 aliphatic carbocycles. The number of nitrogens with one attached hydrogen (secondary N) is 1. The van der Waals surface area contributed by atoms with E-state index in [4.69, 9.17) is 0 Å². The van der Waals surface area contributed by atoms with Gasteiger partial charge in [0.15, 0.2) is 0 Å². The van der Waals surface area contributed by atoms with Gasteiger partial charge in [0.2, 0.25) is 5.91 Å². The van der Waals surface area contributed by atoms with Crippen molar-refractivity contribution in [3.8, 4) is 0 Å². The highest BCUT2D eigenvalue weighted by Crippen LogP contribution is 2.40. The second kappa shape index (κ2) is 3.58. The predicted molar refractivity (Wildman–Crippen MR) is 62.1 cm³/mol. The Bertz CT molecular complexity index is 472. The Labute approximate surface area is 99.6 Å². The van der Waals surface area contributed by atoms with Crippen LogP contribution in [0.25, 0.3) is 0 Å². The van der Waals surface area contributed by atoms with Gasteiger partial charge in [0.05, 0.1) is 6.54 Å². The van der Waals surface area contributed by atoms with Gasteiger partial charge in [-0.05, 0) is 18.4 Å². The van der Waals surface area contributed by atoms with Gasteiger partial charge in [0, 0.05) is 6.54 Å². The molecule has 0 bridgehead atoms. The minimum absolute atomic E-state index is 0.0194. The highest BCUT2D eigenvalue weighted by atomic mass is 16.2. The summed E-state index contributed by atoms with van der Waals surface area (Å²) in [6, 6.07) is 9.59. The van der Waals surface area contributed by atoms with Crippen LogP contribution in [-0.2, 0) is 15.1 Å². The zero-order chi connectivity index (χ0) is 11.9. The van der Waals surface area contributed by atoms with Crippen molar-refractivity contribution in [1.82, 2.24) is 10.2 Å². The summed E-state index contributed by atoms with van der Waals surface area (Å²) in [6.45, 7) is 0.814. The van der Waals surface area contributed by atoms with E-state index >= 15 is 0 Å². The third-order valence-electron chi connectivity index (χ3n) is 3.71. The van der Waals surface area contributed by atoms with Crippen LogP contribution in [0.1, 0.15) is 18.4 Å². The van der Waals surface area contributed by atoms with Gasteiger partial charge < -0.3 is 10.2 Å².